The summed E-state index contributed by atoms with van der Waals surface area (Å²) in [4.78, 5) is 12.8. The predicted molar refractivity (Wildman–Crippen MR) is 108 cm³/mol. The van der Waals surface area contributed by atoms with E-state index in [9.17, 15) is 4.79 Å². The van der Waals surface area contributed by atoms with E-state index in [1.165, 1.54) is 0 Å². The van der Waals surface area contributed by atoms with Gasteiger partial charge in [-0.05, 0) is 66.1 Å². The molecule has 0 fully saturated rings. The fraction of sp³-hybridized carbons (Fsp3) is 0.150. The van der Waals surface area contributed by atoms with Crippen molar-refractivity contribution in [2.24, 2.45) is 0 Å². The molecule has 0 saturated carbocycles. The average molecular weight is 442 g/mol. The summed E-state index contributed by atoms with van der Waals surface area (Å²) in [5, 5.41) is 11.3. The number of carbonyl (C=O) groups excluding carboxylic acids is 1. The molecule has 142 valence electrons. The summed E-state index contributed by atoms with van der Waals surface area (Å²) >= 11 is 3.43. The van der Waals surface area contributed by atoms with Crippen molar-refractivity contribution in [3.8, 4) is 17.0 Å². The van der Waals surface area contributed by atoms with Gasteiger partial charge in [0.15, 0.2) is 11.5 Å². The molecule has 2 aromatic heterocycles. The number of benzene rings is 2. The molecule has 2 aromatic carbocycles. The summed E-state index contributed by atoms with van der Waals surface area (Å²) < 4.78 is 16.8. The van der Waals surface area contributed by atoms with Crippen molar-refractivity contribution in [3.05, 3.63) is 57.8 Å². The van der Waals surface area contributed by atoms with Crippen LogP contribution in [0.1, 0.15) is 21.7 Å². The van der Waals surface area contributed by atoms with Crippen LogP contribution in [0.2, 0.25) is 0 Å². The number of methoxy groups -OCH3 is 1. The Labute approximate surface area is 168 Å². The van der Waals surface area contributed by atoms with E-state index < -0.39 is 5.91 Å². The lowest BCUT2D eigenvalue weighted by molar-refractivity contribution is 0.0997. The van der Waals surface area contributed by atoms with Gasteiger partial charge in [0.05, 0.1) is 7.11 Å². The van der Waals surface area contributed by atoms with Crippen molar-refractivity contribution in [2.75, 3.05) is 12.4 Å². The van der Waals surface area contributed by atoms with E-state index in [4.69, 9.17) is 13.8 Å². The third kappa shape index (κ3) is 3.16. The first-order valence-electron chi connectivity index (χ1n) is 8.45. The maximum absolute atomic E-state index is 12.8. The van der Waals surface area contributed by atoms with Gasteiger partial charge in [-0.3, -0.25) is 10.1 Å². The van der Waals surface area contributed by atoms with Crippen LogP contribution in [0.15, 0.2) is 49.9 Å². The maximum Gasteiger partial charge on any atom is 0.292 e. The minimum Gasteiger partial charge on any atom is -0.496 e. The molecule has 0 aliphatic carbocycles. The van der Waals surface area contributed by atoms with Crippen LogP contribution < -0.4 is 10.1 Å². The standard InChI is InChI=1S/C20H16BrN3O4/c1-10-8-12(4-6-15(10)26-3)17-19(24-28-23-17)22-20(25)18-11(2)14-9-13(21)5-7-16(14)27-18/h4-9H,1-3H3,(H,22,24,25). The molecule has 2 heterocycles. The second-order valence-electron chi connectivity index (χ2n) is 6.30. The Bertz CT molecular complexity index is 1200. The molecule has 8 heteroatoms. The van der Waals surface area contributed by atoms with Crippen LogP contribution in [-0.4, -0.2) is 23.3 Å². The van der Waals surface area contributed by atoms with Gasteiger partial charge < -0.3 is 9.15 Å². The number of hydrogen-bond donors (Lipinski definition) is 1. The molecule has 0 bridgehead atoms. The first kappa shape index (κ1) is 18.2. The number of carbonyl (C=O) groups is 1. The number of aryl methyl sites for hydroxylation is 2. The number of halogens is 1. The van der Waals surface area contributed by atoms with Gasteiger partial charge in [0.1, 0.15) is 11.3 Å². The molecule has 4 aromatic rings. The Morgan fingerprint density at radius 3 is 2.71 bits per heavy atom. The van der Waals surface area contributed by atoms with Gasteiger partial charge in [-0.1, -0.05) is 15.9 Å². The van der Waals surface area contributed by atoms with Crippen molar-refractivity contribution in [3.63, 3.8) is 0 Å². The number of ether oxygens (including phenoxy) is 1. The van der Waals surface area contributed by atoms with Crippen LogP contribution in [-0.2, 0) is 0 Å². The number of fused-ring (bicyclic) bond motifs is 1. The zero-order chi connectivity index (χ0) is 19.8. The number of anilines is 1. The molecule has 0 aliphatic rings. The summed E-state index contributed by atoms with van der Waals surface area (Å²) in [5.41, 5.74) is 3.48. The van der Waals surface area contributed by atoms with Crippen molar-refractivity contribution < 1.29 is 18.6 Å². The summed E-state index contributed by atoms with van der Waals surface area (Å²) in [6.45, 7) is 3.76. The van der Waals surface area contributed by atoms with Crippen molar-refractivity contribution in [1.82, 2.24) is 10.3 Å². The van der Waals surface area contributed by atoms with E-state index in [1.807, 2.05) is 50.2 Å². The Morgan fingerprint density at radius 1 is 1.14 bits per heavy atom. The zero-order valence-corrected chi connectivity index (χ0v) is 17.0. The van der Waals surface area contributed by atoms with Crippen LogP contribution in [0.5, 0.6) is 5.75 Å². The van der Waals surface area contributed by atoms with Crippen LogP contribution in [0.3, 0.4) is 0 Å². The van der Waals surface area contributed by atoms with E-state index in [-0.39, 0.29) is 11.6 Å². The first-order valence-corrected chi connectivity index (χ1v) is 9.25. The molecule has 0 aliphatic heterocycles. The Kier molecular flexibility index (Phi) is 4.64. The topological polar surface area (TPSA) is 90.4 Å². The SMILES string of the molecule is COc1ccc(-c2nonc2NC(=O)c2oc3ccc(Br)cc3c2C)cc1C. The van der Waals surface area contributed by atoms with Gasteiger partial charge >= 0.3 is 0 Å². The summed E-state index contributed by atoms with van der Waals surface area (Å²) in [6.07, 6.45) is 0. The smallest absolute Gasteiger partial charge is 0.292 e. The molecule has 0 radical (unpaired) electrons. The van der Waals surface area contributed by atoms with E-state index in [2.05, 4.69) is 31.6 Å². The Balaban J connectivity index is 1.66. The highest BCUT2D eigenvalue weighted by Gasteiger charge is 2.22. The highest BCUT2D eigenvalue weighted by atomic mass is 79.9. The number of amides is 1. The number of nitrogens with zero attached hydrogens (tertiary/aromatic N) is 2. The van der Waals surface area contributed by atoms with Crippen molar-refractivity contribution in [1.29, 1.82) is 0 Å². The number of hydrogen-bond acceptors (Lipinski definition) is 6. The fourth-order valence-corrected chi connectivity index (χ4v) is 3.42. The number of furan rings is 1. The number of aromatic nitrogens is 2. The predicted octanol–water partition coefficient (Wildman–Crippen LogP) is 5.12. The van der Waals surface area contributed by atoms with Gasteiger partial charge in [-0.15, -0.1) is 0 Å². The van der Waals surface area contributed by atoms with Crippen LogP contribution >= 0.6 is 15.9 Å². The molecule has 7 nitrogen and oxygen atoms in total. The highest BCUT2D eigenvalue weighted by molar-refractivity contribution is 9.10. The summed E-state index contributed by atoms with van der Waals surface area (Å²) in [7, 11) is 1.61. The monoisotopic (exact) mass is 441 g/mol. The molecule has 28 heavy (non-hydrogen) atoms. The normalized spacial score (nSPS) is 11.0. The van der Waals surface area contributed by atoms with Crippen LogP contribution in [0, 0.1) is 13.8 Å². The first-order chi connectivity index (χ1) is 13.5. The summed E-state index contributed by atoms with van der Waals surface area (Å²) in [5.74, 6) is 0.769. The lowest BCUT2D eigenvalue weighted by atomic mass is 10.1. The molecular weight excluding hydrogens is 426 g/mol. The second-order valence-corrected chi connectivity index (χ2v) is 7.21. The van der Waals surface area contributed by atoms with E-state index in [0.29, 0.717) is 11.3 Å². The van der Waals surface area contributed by atoms with Gasteiger partial charge in [0.25, 0.3) is 5.91 Å². The Morgan fingerprint density at radius 2 is 1.96 bits per heavy atom. The van der Waals surface area contributed by atoms with E-state index >= 15 is 0 Å². The number of nitrogens with one attached hydrogen (secondary N) is 1. The van der Waals surface area contributed by atoms with E-state index in [0.717, 1.165) is 32.3 Å². The third-order valence-electron chi connectivity index (χ3n) is 4.49. The molecule has 0 atom stereocenters. The van der Waals surface area contributed by atoms with Gasteiger partial charge in [0.2, 0.25) is 5.82 Å². The maximum atomic E-state index is 12.8. The largest absolute Gasteiger partial charge is 0.496 e. The van der Waals surface area contributed by atoms with Gasteiger partial charge in [-0.2, -0.15) is 0 Å². The summed E-state index contributed by atoms with van der Waals surface area (Å²) in [6, 6.07) is 11.1. The van der Waals surface area contributed by atoms with Gasteiger partial charge in [0, 0.05) is 21.0 Å². The minimum absolute atomic E-state index is 0.216. The minimum atomic E-state index is -0.424. The zero-order valence-electron chi connectivity index (χ0n) is 15.4. The Hall–Kier alpha value is -3.13. The lowest BCUT2D eigenvalue weighted by Gasteiger charge is -2.06. The molecule has 0 saturated heterocycles. The van der Waals surface area contributed by atoms with Crippen molar-refractivity contribution >= 4 is 38.6 Å². The van der Waals surface area contributed by atoms with Crippen LogP contribution in [0.4, 0.5) is 5.82 Å². The molecule has 4 rings (SSSR count). The van der Waals surface area contributed by atoms with E-state index in [1.54, 1.807) is 7.11 Å². The van der Waals surface area contributed by atoms with Crippen molar-refractivity contribution in [2.45, 2.75) is 13.8 Å². The fourth-order valence-electron chi connectivity index (χ4n) is 3.06. The molecule has 1 N–H and O–H groups in total. The van der Waals surface area contributed by atoms with Gasteiger partial charge in [-0.25, -0.2) is 4.63 Å². The molecule has 0 unspecified atom stereocenters. The molecule has 0 spiro atoms. The quantitative estimate of drug-likeness (QED) is 0.472. The third-order valence-corrected chi connectivity index (χ3v) is 4.99. The van der Waals surface area contributed by atoms with Crippen LogP contribution in [0.25, 0.3) is 22.2 Å². The molecule has 1 amide bonds. The lowest BCUT2D eigenvalue weighted by Crippen LogP contribution is -2.13. The highest BCUT2D eigenvalue weighted by Crippen LogP contribution is 2.31. The number of rotatable bonds is 4. The average Bonchev–Trinajstić information content (AvgIpc) is 3.26. The second kappa shape index (κ2) is 7.12. The molecular formula is C20H16BrN3O4.